The van der Waals surface area contributed by atoms with E-state index in [2.05, 4.69) is 30.1 Å². The fourth-order valence-electron chi connectivity index (χ4n) is 5.37. The Kier molecular flexibility index (Phi) is 4.80. The van der Waals surface area contributed by atoms with E-state index >= 15 is 8.78 Å². The molecule has 3 atom stereocenters. The van der Waals surface area contributed by atoms with Crippen LogP contribution in [0.15, 0.2) is 45.9 Å². The number of nitrogens with zero attached hydrogens (tertiary/aromatic N) is 3. The van der Waals surface area contributed by atoms with Crippen LogP contribution in [0.4, 0.5) is 13.8 Å². The molecule has 174 valence electrons. The Morgan fingerprint density at radius 1 is 1.21 bits per heavy atom. The first-order chi connectivity index (χ1) is 16.4. The van der Waals surface area contributed by atoms with Crippen molar-refractivity contribution in [2.24, 2.45) is 16.8 Å². The molecule has 6 rings (SSSR count). The van der Waals surface area contributed by atoms with Gasteiger partial charge in [-0.05, 0) is 35.1 Å². The topological polar surface area (TPSA) is 86.7 Å². The first kappa shape index (κ1) is 21.3. The summed E-state index contributed by atoms with van der Waals surface area (Å²) in [7, 11) is 0. The SMILES string of the molecule is CC1CN(C2=NC3C(=CN2)C2=C(COC2)C(c2c(F)ccc4sc(N)c(C#N)c24)=C3F)CC1C. The quantitative estimate of drug-likeness (QED) is 0.636. The summed E-state index contributed by atoms with van der Waals surface area (Å²) in [5.74, 6) is 0.511. The summed E-state index contributed by atoms with van der Waals surface area (Å²) >= 11 is 1.20. The maximum absolute atomic E-state index is 16.4. The number of benzene rings is 1. The van der Waals surface area contributed by atoms with Gasteiger partial charge in [0.25, 0.3) is 0 Å². The number of hydrogen-bond donors (Lipinski definition) is 2. The van der Waals surface area contributed by atoms with Crippen molar-refractivity contribution in [1.82, 2.24) is 10.2 Å². The molecule has 0 amide bonds. The molecule has 3 N–H and O–H groups in total. The van der Waals surface area contributed by atoms with Crippen molar-refractivity contribution in [3.05, 3.63) is 57.8 Å². The number of nitriles is 1. The van der Waals surface area contributed by atoms with Gasteiger partial charge in [-0.2, -0.15) is 5.26 Å². The van der Waals surface area contributed by atoms with Gasteiger partial charge in [-0.25, -0.2) is 13.8 Å². The number of anilines is 1. The van der Waals surface area contributed by atoms with Gasteiger partial charge in [0, 0.05) is 46.1 Å². The minimum absolute atomic E-state index is 0.0650. The van der Waals surface area contributed by atoms with Crippen molar-refractivity contribution in [3.63, 3.8) is 0 Å². The molecule has 3 unspecified atom stereocenters. The van der Waals surface area contributed by atoms with E-state index in [1.54, 1.807) is 12.3 Å². The lowest BCUT2D eigenvalue weighted by Gasteiger charge is -2.32. The lowest BCUT2D eigenvalue weighted by Crippen LogP contribution is -2.42. The minimum atomic E-state index is -0.894. The highest BCUT2D eigenvalue weighted by Crippen LogP contribution is 2.49. The Balaban J connectivity index is 1.56. The number of halogens is 2. The summed E-state index contributed by atoms with van der Waals surface area (Å²) in [5.41, 5.74) is 8.55. The number of guanidine groups is 1. The average Bonchev–Trinajstić information content (AvgIpc) is 3.52. The number of thiophene rings is 1. The molecule has 1 aromatic heterocycles. The molecule has 1 aromatic carbocycles. The van der Waals surface area contributed by atoms with Crippen LogP contribution in [-0.2, 0) is 4.74 Å². The highest BCUT2D eigenvalue weighted by Gasteiger charge is 2.41. The zero-order valence-corrected chi connectivity index (χ0v) is 19.6. The van der Waals surface area contributed by atoms with Crippen molar-refractivity contribution in [2.75, 3.05) is 32.0 Å². The molecule has 34 heavy (non-hydrogen) atoms. The zero-order valence-electron chi connectivity index (χ0n) is 18.8. The fraction of sp³-hybridized carbons (Fsp3) is 0.360. The van der Waals surface area contributed by atoms with Gasteiger partial charge >= 0.3 is 0 Å². The summed E-state index contributed by atoms with van der Waals surface area (Å²) in [4.78, 5) is 6.90. The molecule has 4 aliphatic rings. The molecule has 1 fully saturated rings. The van der Waals surface area contributed by atoms with Gasteiger partial charge in [0.1, 0.15) is 28.8 Å². The summed E-state index contributed by atoms with van der Waals surface area (Å²) in [5, 5.41) is 13.6. The molecular formula is C25H23F2N5OS. The molecule has 3 aliphatic heterocycles. The van der Waals surface area contributed by atoms with Crippen LogP contribution in [-0.4, -0.2) is 43.2 Å². The molecule has 4 heterocycles. The monoisotopic (exact) mass is 479 g/mol. The largest absolute Gasteiger partial charge is 0.389 e. The van der Waals surface area contributed by atoms with Crippen LogP contribution < -0.4 is 11.1 Å². The van der Waals surface area contributed by atoms with E-state index in [1.165, 1.54) is 17.4 Å². The molecule has 1 saturated heterocycles. The van der Waals surface area contributed by atoms with E-state index in [-0.39, 0.29) is 28.3 Å². The summed E-state index contributed by atoms with van der Waals surface area (Å²) in [6.45, 7) is 6.54. The van der Waals surface area contributed by atoms with Crippen molar-refractivity contribution in [2.45, 2.75) is 19.9 Å². The van der Waals surface area contributed by atoms with Crippen LogP contribution in [0.2, 0.25) is 0 Å². The standard InChI is InChI=1S/C25H23F2N5OS/c1-11-7-32(8-12(11)2)25-30-6-14-15-9-33-10-16(15)20(22(27)23(14)31-25)21-17(26)3-4-18-19(21)13(5-28)24(29)34-18/h3-4,6,11-12,23H,7-10,29H2,1-2H3,(H,30,31). The second-order valence-corrected chi connectivity index (χ2v) is 10.5. The molecule has 2 aromatic rings. The Morgan fingerprint density at radius 2 is 1.94 bits per heavy atom. The highest BCUT2D eigenvalue weighted by molar-refractivity contribution is 7.23. The van der Waals surface area contributed by atoms with Crippen molar-refractivity contribution >= 4 is 38.0 Å². The molecular weight excluding hydrogens is 456 g/mol. The maximum Gasteiger partial charge on any atom is 0.199 e. The van der Waals surface area contributed by atoms with Crippen molar-refractivity contribution in [1.29, 1.82) is 5.26 Å². The number of fused-ring (bicyclic) bond motifs is 3. The first-order valence-corrected chi connectivity index (χ1v) is 12.1. The fourth-order valence-corrected chi connectivity index (χ4v) is 6.30. The Bertz CT molecular complexity index is 1400. The average molecular weight is 480 g/mol. The number of likely N-dealkylation sites (tertiary alicyclic amines) is 1. The van der Waals surface area contributed by atoms with Crippen LogP contribution in [0.3, 0.4) is 0 Å². The van der Waals surface area contributed by atoms with E-state index in [9.17, 15) is 5.26 Å². The lowest BCUT2D eigenvalue weighted by molar-refractivity contribution is 0.207. The van der Waals surface area contributed by atoms with Crippen molar-refractivity contribution in [3.8, 4) is 6.07 Å². The summed E-state index contributed by atoms with van der Waals surface area (Å²) < 4.78 is 38.1. The van der Waals surface area contributed by atoms with E-state index in [0.29, 0.717) is 45.6 Å². The van der Waals surface area contributed by atoms with Gasteiger partial charge in [-0.15, -0.1) is 11.3 Å². The second kappa shape index (κ2) is 7.65. The van der Waals surface area contributed by atoms with Gasteiger partial charge < -0.3 is 20.7 Å². The number of nitrogens with two attached hydrogens (primary N) is 1. The van der Waals surface area contributed by atoms with Gasteiger partial charge in [-0.1, -0.05) is 13.8 Å². The molecule has 6 nitrogen and oxygen atoms in total. The number of nitrogen functional groups attached to an aromatic ring is 1. The second-order valence-electron chi connectivity index (χ2n) is 9.38. The third-order valence-electron chi connectivity index (χ3n) is 7.37. The van der Waals surface area contributed by atoms with Crippen LogP contribution in [0.25, 0.3) is 15.7 Å². The maximum atomic E-state index is 16.4. The summed E-state index contributed by atoms with van der Waals surface area (Å²) in [6, 6.07) is 4.07. The Hall–Kier alpha value is -3.22. The Morgan fingerprint density at radius 3 is 2.68 bits per heavy atom. The number of aliphatic imine (C=N–C) groups is 1. The normalized spacial score (nSPS) is 26.3. The van der Waals surface area contributed by atoms with E-state index in [0.717, 1.165) is 18.7 Å². The van der Waals surface area contributed by atoms with Crippen molar-refractivity contribution < 1.29 is 13.5 Å². The Labute approximate surface area is 199 Å². The van der Waals surface area contributed by atoms with E-state index in [4.69, 9.17) is 15.5 Å². The van der Waals surface area contributed by atoms with Gasteiger partial charge in [0.05, 0.1) is 18.8 Å². The lowest BCUT2D eigenvalue weighted by atomic mass is 9.81. The van der Waals surface area contributed by atoms with Crippen LogP contribution in [0.1, 0.15) is 25.0 Å². The molecule has 0 spiro atoms. The minimum Gasteiger partial charge on any atom is -0.389 e. The molecule has 0 bridgehead atoms. The van der Waals surface area contributed by atoms with Crippen LogP contribution >= 0.6 is 11.3 Å². The first-order valence-electron chi connectivity index (χ1n) is 11.3. The summed E-state index contributed by atoms with van der Waals surface area (Å²) in [6.07, 6.45) is 1.81. The number of nitrogens with one attached hydrogen (secondary N) is 1. The molecule has 0 radical (unpaired) electrons. The van der Waals surface area contributed by atoms with E-state index < -0.39 is 17.7 Å². The molecule has 9 heteroatoms. The zero-order chi connectivity index (χ0) is 23.7. The highest BCUT2D eigenvalue weighted by atomic mass is 32.1. The van der Waals surface area contributed by atoms with Gasteiger partial charge in [0.15, 0.2) is 5.96 Å². The van der Waals surface area contributed by atoms with Crippen LogP contribution in [0, 0.1) is 29.0 Å². The van der Waals surface area contributed by atoms with Gasteiger partial charge in [0.2, 0.25) is 0 Å². The van der Waals surface area contributed by atoms with Crippen LogP contribution in [0.5, 0.6) is 0 Å². The third-order valence-corrected chi connectivity index (χ3v) is 8.36. The number of hydrogen-bond acceptors (Lipinski definition) is 7. The number of rotatable bonds is 1. The smallest absolute Gasteiger partial charge is 0.199 e. The predicted octanol–water partition coefficient (Wildman–Crippen LogP) is 4.31. The van der Waals surface area contributed by atoms with E-state index in [1.807, 2.05) is 0 Å². The van der Waals surface area contributed by atoms with Gasteiger partial charge in [-0.3, -0.25) is 0 Å². The number of ether oxygens (including phenoxy) is 1. The predicted molar refractivity (Wildman–Crippen MR) is 129 cm³/mol. The molecule has 0 saturated carbocycles. The third kappa shape index (κ3) is 2.95. The molecule has 1 aliphatic carbocycles.